The van der Waals surface area contributed by atoms with Gasteiger partial charge in [-0.15, -0.1) is 0 Å². The maximum absolute atomic E-state index is 13.9. The largest absolute Gasteiger partial charge is 0.443 e. The third-order valence-corrected chi connectivity index (χ3v) is 7.42. The van der Waals surface area contributed by atoms with Gasteiger partial charge in [-0.3, -0.25) is 9.59 Å². The van der Waals surface area contributed by atoms with Crippen LogP contribution < -0.4 is 0 Å². The first-order chi connectivity index (χ1) is 18.4. The van der Waals surface area contributed by atoms with Gasteiger partial charge in [0, 0.05) is 29.1 Å². The summed E-state index contributed by atoms with van der Waals surface area (Å²) in [6.45, 7) is 5.24. The number of carbonyl (C=O) groups is 3. The summed E-state index contributed by atoms with van der Waals surface area (Å²) in [4.78, 5) is 39.7. The maximum Gasteiger partial charge on any atom is 0.419 e. The summed E-state index contributed by atoms with van der Waals surface area (Å²) >= 11 is 11.6. The van der Waals surface area contributed by atoms with E-state index in [0.717, 1.165) is 29.3 Å². The molecular formula is C29H26Cl2F2N2O4. The average molecular weight is 575 g/mol. The Kier molecular flexibility index (Phi) is 7.06. The zero-order valence-electron chi connectivity index (χ0n) is 21.6. The second-order valence-corrected chi connectivity index (χ2v) is 11.6. The Labute approximate surface area is 233 Å². The number of benzene rings is 2. The van der Waals surface area contributed by atoms with Crippen LogP contribution in [0, 0.1) is 11.6 Å². The van der Waals surface area contributed by atoms with E-state index in [1.807, 2.05) is 0 Å². The molecule has 0 atom stereocenters. The lowest BCUT2D eigenvalue weighted by molar-refractivity contribution is 0.0534. The van der Waals surface area contributed by atoms with Crippen molar-refractivity contribution in [2.45, 2.75) is 64.9 Å². The topological polar surface area (TPSA) is 81.2 Å². The van der Waals surface area contributed by atoms with Crippen molar-refractivity contribution in [1.82, 2.24) is 9.55 Å². The molecule has 0 spiro atoms. The van der Waals surface area contributed by atoms with Crippen molar-refractivity contribution in [2.75, 3.05) is 0 Å². The van der Waals surface area contributed by atoms with Gasteiger partial charge in [-0.1, -0.05) is 23.2 Å². The zero-order chi connectivity index (χ0) is 28.2. The van der Waals surface area contributed by atoms with E-state index in [2.05, 4.69) is 4.98 Å². The SMILES string of the molecule is CC(C)(C)OC(=O)n1c2c(c3cc(F)c(Cl)cc31)CCCC2=O.O=C1CCCc2c1[nH]c1cc(Cl)c(F)cc21. The molecule has 4 aromatic rings. The van der Waals surface area contributed by atoms with Gasteiger partial charge in [0.05, 0.1) is 26.9 Å². The molecule has 6 rings (SSSR count). The van der Waals surface area contributed by atoms with Gasteiger partial charge in [0.15, 0.2) is 11.6 Å². The number of aryl methyl sites for hydroxylation is 2. The Bertz CT molecular complexity index is 1680. The summed E-state index contributed by atoms with van der Waals surface area (Å²) < 4.78 is 33.9. The molecule has 0 saturated heterocycles. The molecule has 2 heterocycles. The van der Waals surface area contributed by atoms with Crippen molar-refractivity contribution in [3.8, 4) is 0 Å². The molecule has 39 heavy (non-hydrogen) atoms. The number of ketones is 2. The summed E-state index contributed by atoms with van der Waals surface area (Å²) in [6, 6.07) is 5.61. The lowest BCUT2D eigenvalue weighted by Gasteiger charge is -2.21. The van der Waals surface area contributed by atoms with Crippen LogP contribution >= 0.6 is 23.2 Å². The molecule has 0 amide bonds. The molecule has 0 radical (unpaired) electrons. The standard InChI is InChI=1S/C17H17ClFNO3.C12H9ClFNO/c1-17(2,3)23-16(22)20-13-8-11(18)12(19)7-10(13)9-5-4-6-14(21)15(9)20;13-8-5-10-7(4-9(8)14)6-2-1-3-11(16)12(6)15-10/h7-8H,4-6H2,1-3H3;4-5,15H,1-3H2. The Morgan fingerprint density at radius 3 is 2.13 bits per heavy atom. The molecule has 6 nitrogen and oxygen atoms in total. The first-order valence-corrected chi connectivity index (χ1v) is 13.4. The van der Waals surface area contributed by atoms with Crippen molar-refractivity contribution in [1.29, 1.82) is 0 Å². The summed E-state index contributed by atoms with van der Waals surface area (Å²) in [5.74, 6) is -1.03. The normalized spacial score (nSPS) is 15.2. The molecule has 0 fully saturated rings. The summed E-state index contributed by atoms with van der Waals surface area (Å²) in [5.41, 5.74) is 2.99. The predicted octanol–water partition coefficient (Wildman–Crippen LogP) is 8.22. The Morgan fingerprint density at radius 2 is 1.46 bits per heavy atom. The number of carbonyl (C=O) groups excluding carboxylic acids is 3. The highest BCUT2D eigenvalue weighted by atomic mass is 35.5. The number of rotatable bonds is 0. The van der Waals surface area contributed by atoms with Crippen molar-refractivity contribution in [2.24, 2.45) is 0 Å². The lowest BCUT2D eigenvalue weighted by atomic mass is 9.94. The molecule has 0 aliphatic heterocycles. The van der Waals surface area contributed by atoms with Crippen LogP contribution in [0.25, 0.3) is 21.8 Å². The molecule has 0 bridgehead atoms. The molecular weight excluding hydrogens is 549 g/mol. The molecule has 204 valence electrons. The van der Waals surface area contributed by atoms with Gasteiger partial charge in [0.2, 0.25) is 0 Å². The summed E-state index contributed by atoms with van der Waals surface area (Å²) in [5, 5.41) is 1.31. The van der Waals surface area contributed by atoms with Crippen molar-refractivity contribution in [3.05, 3.63) is 68.5 Å². The first-order valence-electron chi connectivity index (χ1n) is 12.7. The van der Waals surface area contributed by atoms with E-state index in [1.54, 1.807) is 20.8 Å². The zero-order valence-corrected chi connectivity index (χ0v) is 23.2. The van der Waals surface area contributed by atoms with Crippen LogP contribution in [0.4, 0.5) is 13.6 Å². The number of hydrogen-bond acceptors (Lipinski definition) is 4. The molecule has 0 saturated carbocycles. The van der Waals surface area contributed by atoms with Gasteiger partial charge < -0.3 is 9.72 Å². The minimum Gasteiger partial charge on any atom is -0.443 e. The van der Waals surface area contributed by atoms with E-state index in [4.69, 9.17) is 27.9 Å². The number of fused-ring (bicyclic) bond motifs is 6. The van der Waals surface area contributed by atoms with Crippen LogP contribution in [0.3, 0.4) is 0 Å². The summed E-state index contributed by atoms with van der Waals surface area (Å²) in [7, 11) is 0. The predicted molar refractivity (Wildman–Crippen MR) is 146 cm³/mol. The molecule has 2 aromatic heterocycles. The highest BCUT2D eigenvalue weighted by Gasteiger charge is 2.31. The molecule has 10 heteroatoms. The van der Waals surface area contributed by atoms with Crippen molar-refractivity contribution >= 4 is 62.7 Å². The van der Waals surface area contributed by atoms with E-state index >= 15 is 0 Å². The number of H-pyrrole nitrogens is 1. The number of nitrogens with zero attached hydrogens (tertiary/aromatic N) is 1. The molecule has 2 aromatic carbocycles. The number of aromatic nitrogens is 2. The average Bonchev–Trinajstić information content (AvgIpc) is 3.36. The number of nitrogens with one attached hydrogen (secondary N) is 1. The number of aromatic amines is 1. The van der Waals surface area contributed by atoms with E-state index in [-0.39, 0.29) is 21.6 Å². The number of ether oxygens (including phenoxy) is 1. The van der Waals surface area contributed by atoms with E-state index < -0.39 is 23.3 Å². The fourth-order valence-electron chi connectivity index (χ4n) is 5.23. The van der Waals surface area contributed by atoms with Crippen LogP contribution in [0.15, 0.2) is 24.3 Å². The van der Waals surface area contributed by atoms with Gasteiger partial charge >= 0.3 is 6.09 Å². The first kappa shape index (κ1) is 27.3. The van der Waals surface area contributed by atoms with Crippen LogP contribution in [0.5, 0.6) is 0 Å². The van der Waals surface area contributed by atoms with E-state index in [9.17, 15) is 23.2 Å². The minimum absolute atomic E-state index is 0.0820. The number of halogens is 4. The van der Waals surface area contributed by atoms with Crippen LogP contribution in [0.1, 0.15) is 78.6 Å². The molecule has 2 aliphatic carbocycles. The smallest absolute Gasteiger partial charge is 0.419 e. The number of Topliss-reactive ketones (excluding diaryl/α,β-unsaturated/α-hetero) is 2. The van der Waals surface area contributed by atoms with Gasteiger partial charge in [-0.2, -0.15) is 0 Å². The van der Waals surface area contributed by atoms with Gasteiger partial charge in [-0.25, -0.2) is 18.1 Å². The van der Waals surface area contributed by atoms with E-state index in [0.29, 0.717) is 53.5 Å². The fraction of sp³-hybridized carbons (Fsp3) is 0.345. The third kappa shape index (κ3) is 5.08. The Balaban J connectivity index is 0.000000168. The molecule has 1 N–H and O–H groups in total. The lowest BCUT2D eigenvalue weighted by Crippen LogP contribution is -2.29. The minimum atomic E-state index is -0.706. The monoisotopic (exact) mass is 574 g/mol. The number of hydrogen-bond donors (Lipinski definition) is 1. The molecule has 0 unspecified atom stereocenters. The maximum atomic E-state index is 13.9. The molecule has 2 aliphatic rings. The van der Waals surface area contributed by atoms with Crippen molar-refractivity contribution < 1.29 is 27.9 Å². The Morgan fingerprint density at radius 1 is 0.872 bits per heavy atom. The van der Waals surface area contributed by atoms with Crippen molar-refractivity contribution in [3.63, 3.8) is 0 Å². The van der Waals surface area contributed by atoms with Crippen LogP contribution in [-0.4, -0.2) is 32.8 Å². The quantitative estimate of drug-likeness (QED) is 0.229. The highest BCUT2D eigenvalue weighted by molar-refractivity contribution is 6.32. The fourth-order valence-corrected chi connectivity index (χ4v) is 5.55. The third-order valence-electron chi connectivity index (χ3n) is 6.84. The Hall–Kier alpha value is -3.23. The second-order valence-electron chi connectivity index (χ2n) is 10.8. The van der Waals surface area contributed by atoms with Crippen LogP contribution in [-0.2, 0) is 17.6 Å². The highest BCUT2D eigenvalue weighted by Crippen LogP contribution is 2.35. The van der Waals surface area contributed by atoms with Gasteiger partial charge in [0.25, 0.3) is 0 Å². The summed E-state index contributed by atoms with van der Waals surface area (Å²) in [6.07, 6.45) is 3.24. The van der Waals surface area contributed by atoms with Crippen LogP contribution in [0.2, 0.25) is 10.0 Å². The van der Waals surface area contributed by atoms with Gasteiger partial charge in [0.1, 0.15) is 17.2 Å². The van der Waals surface area contributed by atoms with E-state index in [1.165, 1.54) is 28.8 Å². The van der Waals surface area contributed by atoms with Gasteiger partial charge in [-0.05, 0) is 81.8 Å². The second kappa shape index (κ2) is 10.1.